The first kappa shape index (κ1) is 27.8. The van der Waals surface area contributed by atoms with Crippen LogP contribution in [-0.2, 0) is 0 Å². The predicted molar refractivity (Wildman–Crippen MR) is 71.2 cm³/mol. The summed E-state index contributed by atoms with van der Waals surface area (Å²) in [4.78, 5) is -0.356. The maximum Gasteiger partial charge on any atom is 1.00 e. The molecule has 0 spiro atoms. The van der Waals surface area contributed by atoms with Crippen LogP contribution in [0.1, 0.15) is 34.6 Å². The average molecular weight is 329 g/mol. The van der Waals surface area contributed by atoms with Crippen molar-refractivity contribution < 1.29 is 64.7 Å². The summed E-state index contributed by atoms with van der Waals surface area (Å²) in [6, 6.07) is 0. The molecule has 0 bridgehead atoms. The van der Waals surface area contributed by atoms with Gasteiger partial charge in [-0.05, 0) is 18.8 Å². The van der Waals surface area contributed by atoms with Crippen molar-refractivity contribution in [2.75, 3.05) is 0 Å². The van der Waals surface area contributed by atoms with Crippen molar-refractivity contribution in [2.45, 2.75) is 34.6 Å². The fourth-order valence-electron chi connectivity index (χ4n) is 0.850. The van der Waals surface area contributed by atoms with Gasteiger partial charge in [0, 0.05) is 5.03 Å². The third kappa shape index (κ3) is 26.2. The van der Waals surface area contributed by atoms with Gasteiger partial charge in [0.25, 0.3) is 0 Å². The molecule has 0 nitrogen and oxygen atoms in total. The first-order valence-electron chi connectivity index (χ1n) is 5.16. The second-order valence-electron chi connectivity index (χ2n) is 4.09. The summed E-state index contributed by atoms with van der Waals surface area (Å²) in [5.41, 5.74) is 0. The van der Waals surface area contributed by atoms with Gasteiger partial charge in [0.2, 0.25) is 0 Å². The van der Waals surface area contributed by atoms with Crippen LogP contribution in [0.5, 0.6) is 0 Å². The van der Waals surface area contributed by atoms with Crippen molar-refractivity contribution in [2.24, 2.45) is 11.8 Å². The molecule has 0 radical (unpaired) electrons. The fourth-order valence-corrected chi connectivity index (χ4v) is 1.35. The van der Waals surface area contributed by atoms with E-state index in [0.717, 1.165) is 5.03 Å². The Morgan fingerprint density at radius 2 is 1.33 bits per heavy atom. The summed E-state index contributed by atoms with van der Waals surface area (Å²) in [6.07, 6.45) is 3.35. The van der Waals surface area contributed by atoms with Crippen LogP contribution in [0.2, 0.25) is 0 Å². The van der Waals surface area contributed by atoms with E-state index < -0.39 is 7.27 Å². The fraction of sp³-hybridized carbons (Fsp3) is 0.636. The van der Waals surface area contributed by atoms with Gasteiger partial charge < -0.3 is 4.70 Å². The summed E-state index contributed by atoms with van der Waals surface area (Å²) >= 11 is 10.7. The molecule has 0 atom stereocenters. The molecule has 0 aromatic heterocycles. The molecule has 0 saturated carbocycles. The van der Waals surface area contributed by atoms with E-state index in [0.29, 0.717) is 5.92 Å². The number of rotatable bonds is 3. The Kier molecular flexibility index (Phi) is 25.7. The maximum atomic E-state index is 11.6. The van der Waals surface area contributed by atoms with E-state index in [2.05, 4.69) is 13.8 Å². The molecule has 0 heterocycles. The summed E-state index contributed by atoms with van der Waals surface area (Å²) in [5.74, 6) is 0.670. The normalized spacial score (nSPS) is 11.3. The van der Waals surface area contributed by atoms with Gasteiger partial charge >= 0.3 is 58.7 Å². The molecule has 0 aliphatic carbocycles. The quantitative estimate of drug-likeness (QED) is 0.614. The molecule has 18 heavy (non-hydrogen) atoms. The van der Waals surface area contributed by atoms with E-state index in [9.17, 15) is 8.63 Å². The van der Waals surface area contributed by atoms with E-state index in [1.54, 1.807) is 13.8 Å². The van der Waals surface area contributed by atoms with E-state index >= 15 is 0 Å². The van der Waals surface area contributed by atoms with Gasteiger partial charge in [0.05, 0.1) is 4.93 Å². The average Bonchev–Trinajstić information content (AvgIpc) is 2.00. The Bertz CT molecular complexity index is 240. The number of hydrogen-bond acceptors (Lipinski definition) is 0. The van der Waals surface area contributed by atoms with E-state index in [1.165, 1.54) is 6.08 Å². The van der Waals surface area contributed by atoms with E-state index in [4.69, 9.17) is 23.2 Å². The molecule has 0 amide bonds. The minimum absolute atomic E-state index is 0. The third-order valence-electron chi connectivity index (χ3n) is 1.26. The van der Waals surface area contributed by atoms with Crippen molar-refractivity contribution in [1.82, 2.24) is 0 Å². The summed E-state index contributed by atoms with van der Waals surface area (Å²) in [5, 5.41) is 0.884. The first-order chi connectivity index (χ1) is 7.16. The molecule has 0 N–H and O–H groups in total. The van der Waals surface area contributed by atoms with Crippen molar-refractivity contribution in [3.8, 4) is 0 Å². The van der Waals surface area contributed by atoms with Crippen LogP contribution < -0.4 is 56.1 Å². The van der Waals surface area contributed by atoms with Gasteiger partial charge in [-0.3, -0.25) is 8.63 Å². The van der Waals surface area contributed by atoms with Gasteiger partial charge in [-0.2, -0.15) is 0 Å². The Morgan fingerprint density at radius 1 is 1.00 bits per heavy atom. The van der Waals surface area contributed by atoms with Gasteiger partial charge in [-0.25, -0.2) is 0 Å². The van der Waals surface area contributed by atoms with Crippen LogP contribution in [-0.4, -0.2) is 7.27 Å². The van der Waals surface area contributed by atoms with Crippen LogP contribution in [0.15, 0.2) is 22.1 Å². The SMILES string of the molecule is C/C(Cl)=C\C(C)C.CC(C)/C=C(/Cl)B(F)F.[F-].[K+]. The first-order valence-corrected chi connectivity index (χ1v) is 5.91. The molecule has 0 rings (SSSR count). The number of allylic oxidation sites excluding steroid dienone is 3. The molecule has 0 aliphatic rings. The second kappa shape index (κ2) is 16.6. The third-order valence-corrected chi connectivity index (χ3v) is 1.68. The Hall–Kier alpha value is 1.55. The Morgan fingerprint density at radius 3 is 1.39 bits per heavy atom. The zero-order chi connectivity index (χ0) is 13.3. The van der Waals surface area contributed by atoms with Crippen LogP contribution >= 0.6 is 23.2 Å². The van der Waals surface area contributed by atoms with Gasteiger partial charge in [-0.15, -0.1) is 0 Å². The van der Waals surface area contributed by atoms with Gasteiger partial charge in [0.1, 0.15) is 0 Å². The second-order valence-corrected chi connectivity index (χ2v) is 5.13. The van der Waals surface area contributed by atoms with Crippen LogP contribution in [0, 0.1) is 11.8 Å². The smallest absolute Gasteiger partial charge is 1.00 e. The topological polar surface area (TPSA) is 0 Å². The predicted octanol–water partition coefficient (Wildman–Crippen LogP) is -0.475. The van der Waals surface area contributed by atoms with Crippen molar-refractivity contribution >= 4 is 30.5 Å². The summed E-state index contributed by atoms with van der Waals surface area (Å²) < 4.78 is 23.2. The van der Waals surface area contributed by atoms with E-state index in [-0.39, 0.29) is 66.9 Å². The molecule has 0 unspecified atom stereocenters. The molecule has 0 saturated heterocycles. The van der Waals surface area contributed by atoms with Crippen LogP contribution in [0.3, 0.4) is 0 Å². The largest absolute Gasteiger partial charge is 1.00 e. The molecular formula is C11H19BCl2F3K. The van der Waals surface area contributed by atoms with Gasteiger partial charge in [-0.1, -0.05) is 63.0 Å². The zero-order valence-electron chi connectivity index (χ0n) is 11.8. The molecule has 7 heteroatoms. The molecule has 102 valence electrons. The standard InChI is InChI=1S/C6H11Cl.C5H8BClF2.FH.K/c1-5(2)4-6(3)7;1-4(2)3-5(7)6(8)9;;/h4-5H,1-3H3;3-4H,1-2H3;1H;/q;;;+1/p-1/b6-4+;5-3+;;. The number of hydrogen-bond donors (Lipinski definition) is 0. The summed E-state index contributed by atoms with van der Waals surface area (Å²) in [6.45, 7) is 9.69. The minimum atomic E-state index is -2.52. The Balaban J connectivity index is -0.000000100. The monoisotopic (exact) mass is 328 g/mol. The van der Waals surface area contributed by atoms with Gasteiger partial charge in [0.15, 0.2) is 0 Å². The maximum absolute atomic E-state index is 11.6. The summed E-state index contributed by atoms with van der Waals surface area (Å²) in [7, 11) is -2.52. The minimum Gasteiger partial charge on any atom is -1.00 e. The molecule has 0 aromatic rings. The van der Waals surface area contributed by atoms with E-state index in [1.807, 2.05) is 13.0 Å². The molecular weight excluding hydrogens is 310 g/mol. The molecule has 0 aromatic carbocycles. The van der Waals surface area contributed by atoms with Crippen molar-refractivity contribution in [1.29, 1.82) is 0 Å². The van der Waals surface area contributed by atoms with Crippen LogP contribution in [0.4, 0.5) is 8.63 Å². The van der Waals surface area contributed by atoms with Crippen molar-refractivity contribution in [3.05, 3.63) is 22.1 Å². The molecule has 0 aliphatic heterocycles. The van der Waals surface area contributed by atoms with Crippen molar-refractivity contribution in [3.63, 3.8) is 0 Å². The zero-order valence-corrected chi connectivity index (χ0v) is 16.4. The number of halogens is 5. The van der Waals surface area contributed by atoms with Crippen LogP contribution in [0.25, 0.3) is 0 Å². The Labute approximate surface area is 162 Å². The molecule has 0 fully saturated rings.